The fourth-order valence-electron chi connectivity index (χ4n) is 6.27. The fraction of sp³-hybridized carbons (Fsp3) is 0.364. The molecule has 5 rings (SSSR count). The molecule has 10 nitrogen and oxygen atoms in total. The van der Waals surface area contributed by atoms with Crippen molar-refractivity contribution in [2.24, 2.45) is 11.8 Å². The van der Waals surface area contributed by atoms with Gasteiger partial charge in [0.25, 0.3) is 0 Å². The number of halogens is 1. The van der Waals surface area contributed by atoms with Crippen LogP contribution >= 0.6 is 22.6 Å². The van der Waals surface area contributed by atoms with Gasteiger partial charge in [-0.25, -0.2) is 9.59 Å². The molecule has 1 aliphatic heterocycles. The Labute approximate surface area is 336 Å². The van der Waals surface area contributed by atoms with Crippen LogP contribution in [0.2, 0.25) is 0 Å². The molecule has 0 saturated carbocycles. The number of carbonyl (C=O) groups is 4. The van der Waals surface area contributed by atoms with Crippen molar-refractivity contribution in [3.8, 4) is 11.5 Å². The van der Waals surface area contributed by atoms with Crippen molar-refractivity contribution in [3.05, 3.63) is 123 Å². The predicted octanol–water partition coefficient (Wildman–Crippen LogP) is 9.09. The van der Waals surface area contributed by atoms with Crippen LogP contribution in [0.15, 0.2) is 97.1 Å². The van der Waals surface area contributed by atoms with Crippen LogP contribution in [0.5, 0.6) is 11.5 Å². The van der Waals surface area contributed by atoms with Crippen LogP contribution in [-0.4, -0.2) is 49.4 Å². The molecule has 3 unspecified atom stereocenters. The van der Waals surface area contributed by atoms with Gasteiger partial charge in [-0.2, -0.15) is 0 Å². The van der Waals surface area contributed by atoms with Gasteiger partial charge in [0, 0.05) is 9.49 Å². The Balaban J connectivity index is 1.09. The number of imide groups is 1. The predicted molar refractivity (Wildman–Crippen MR) is 217 cm³/mol. The Kier molecular flexibility index (Phi) is 13.4. The maximum Gasteiger partial charge on any atom is 0.342 e. The van der Waals surface area contributed by atoms with E-state index in [-0.39, 0.29) is 43.7 Å². The van der Waals surface area contributed by atoms with E-state index in [1.54, 1.807) is 55.5 Å². The molecule has 11 heteroatoms. The zero-order valence-corrected chi connectivity index (χ0v) is 34.5. The molecule has 0 aliphatic carbocycles. The number of rotatable bonds is 15. The summed E-state index contributed by atoms with van der Waals surface area (Å²) in [5.41, 5.74) is 1.67. The number of esters is 2. The molecule has 4 aromatic rings. The lowest BCUT2D eigenvalue weighted by Gasteiger charge is -2.26. The second-order valence-corrected chi connectivity index (χ2v) is 16.3. The van der Waals surface area contributed by atoms with Gasteiger partial charge in [-0.05, 0) is 135 Å². The van der Waals surface area contributed by atoms with Crippen LogP contribution in [0.25, 0.3) is 0 Å². The molecule has 0 bridgehead atoms. The molecule has 0 aromatic heterocycles. The monoisotopic (exact) mass is 861 g/mol. The quantitative estimate of drug-likeness (QED) is 0.0380. The molecular formula is C44H48INO9. The molecule has 55 heavy (non-hydrogen) atoms. The normalized spacial score (nSPS) is 16.5. The Morgan fingerprint density at radius 3 is 2.11 bits per heavy atom. The number of ether oxygens (including phenoxy) is 5. The van der Waals surface area contributed by atoms with Crippen molar-refractivity contribution in [2.75, 3.05) is 24.9 Å². The summed E-state index contributed by atoms with van der Waals surface area (Å²) in [5, 5.41) is 0. The minimum Gasteiger partial charge on any atom is -0.490 e. The van der Waals surface area contributed by atoms with Gasteiger partial charge < -0.3 is 23.7 Å². The summed E-state index contributed by atoms with van der Waals surface area (Å²) in [4.78, 5) is 53.7. The van der Waals surface area contributed by atoms with Crippen molar-refractivity contribution in [3.63, 3.8) is 0 Å². The van der Waals surface area contributed by atoms with Gasteiger partial charge in [0.2, 0.25) is 11.8 Å². The molecule has 1 saturated heterocycles. The number of hydrogen-bond acceptors (Lipinski definition) is 9. The molecule has 0 N–H and O–H groups in total. The van der Waals surface area contributed by atoms with Crippen LogP contribution in [-0.2, 0) is 29.4 Å². The summed E-state index contributed by atoms with van der Waals surface area (Å²) in [5.74, 6) is -1.46. The van der Waals surface area contributed by atoms with E-state index in [2.05, 4.69) is 22.6 Å². The second-order valence-electron chi connectivity index (χ2n) is 15.1. The van der Waals surface area contributed by atoms with Crippen LogP contribution < -0.4 is 14.4 Å². The summed E-state index contributed by atoms with van der Waals surface area (Å²) < 4.78 is 29.5. The minimum absolute atomic E-state index is 0.0228. The second kappa shape index (κ2) is 17.8. The molecule has 2 amide bonds. The topological polar surface area (TPSA) is 118 Å². The first-order valence-electron chi connectivity index (χ1n) is 18.3. The molecule has 0 radical (unpaired) electrons. The maximum atomic E-state index is 13.6. The smallest absolute Gasteiger partial charge is 0.342 e. The van der Waals surface area contributed by atoms with E-state index in [1.807, 2.05) is 90.1 Å². The summed E-state index contributed by atoms with van der Waals surface area (Å²) in [6, 6.07) is 28.8. The number of anilines is 1. The maximum absolute atomic E-state index is 13.6. The van der Waals surface area contributed by atoms with Gasteiger partial charge >= 0.3 is 11.9 Å². The van der Waals surface area contributed by atoms with Gasteiger partial charge in [0.15, 0.2) is 6.79 Å². The first-order valence-corrected chi connectivity index (χ1v) is 19.3. The average molecular weight is 862 g/mol. The van der Waals surface area contributed by atoms with E-state index >= 15 is 0 Å². The standard InChI is InChI=1S/C44H48INO9/c1-28(30-13-15-31(16-14-30)41(49)54-43(3,4)5)25-37-29(2)39(47)46(40(37)48)34-18-20-35(21-19-34)53-27-51-23-24-52-38-26-33(45)17-22-36(38)42(50)55-44(6,7)32-11-9-8-10-12-32/h8-22,26,28-29,37H,23-25,27H2,1-7H3. The van der Waals surface area contributed by atoms with Crippen LogP contribution in [0.3, 0.4) is 0 Å². The van der Waals surface area contributed by atoms with Crippen molar-refractivity contribution >= 4 is 52.0 Å². The van der Waals surface area contributed by atoms with Gasteiger partial charge in [-0.3, -0.25) is 14.5 Å². The third-order valence-electron chi connectivity index (χ3n) is 9.34. The third-order valence-corrected chi connectivity index (χ3v) is 10.0. The SMILES string of the molecule is CC(CC1C(=O)N(c2ccc(OCOCCOc3cc(I)ccc3C(=O)OC(C)(C)c3ccccc3)cc2)C(=O)C1C)c1ccc(C(=O)OC(C)(C)C)cc1. The Morgan fingerprint density at radius 2 is 1.45 bits per heavy atom. The lowest BCUT2D eigenvalue weighted by atomic mass is 9.84. The van der Waals surface area contributed by atoms with Crippen molar-refractivity contribution in [1.82, 2.24) is 0 Å². The molecule has 290 valence electrons. The van der Waals surface area contributed by atoms with Crippen LogP contribution in [0.1, 0.15) is 92.6 Å². The summed E-state index contributed by atoms with van der Waals surface area (Å²) >= 11 is 2.16. The molecule has 1 aliphatic rings. The van der Waals surface area contributed by atoms with Crippen molar-refractivity contribution in [1.29, 1.82) is 0 Å². The zero-order valence-electron chi connectivity index (χ0n) is 32.3. The van der Waals surface area contributed by atoms with E-state index in [9.17, 15) is 19.2 Å². The molecule has 3 atom stereocenters. The first-order chi connectivity index (χ1) is 26.0. The van der Waals surface area contributed by atoms with Gasteiger partial charge in [-0.15, -0.1) is 0 Å². The fourth-order valence-corrected chi connectivity index (χ4v) is 6.73. The van der Waals surface area contributed by atoms with E-state index in [0.717, 1.165) is 14.7 Å². The van der Waals surface area contributed by atoms with Gasteiger partial charge in [0.05, 0.1) is 23.8 Å². The zero-order chi connectivity index (χ0) is 39.9. The van der Waals surface area contributed by atoms with Crippen molar-refractivity contribution < 1.29 is 42.9 Å². The van der Waals surface area contributed by atoms with Gasteiger partial charge in [-0.1, -0.05) is 56.3 Å². The Bertz CT molecular complexity index is 1970. The number of benzene rings is 4. The number of nitrogens with zero attached hydrogens (tertiary/aromatic N) is 1. The minimum atomic E-state index is -0.835. The van der Waals surface area contributed by atoms with Crippen LogP contribution in [0, 0.1) is 15.4 Å². The van der Waals surface area contributed by atoms with E-state index in [0.29, 0.717) is 34.7 Å². The lowest BCUT2D eigenvalue weighted by Crippen LogP contribution is -2.30. The number of carbonyl (C=O) groups excluding carboxylic acids is 4. The van der Waals surface area contributed by atoms with E-state index in [4.69, 9.17) is 23.7 Å². The van der Waals surface area contributed by atoms with Crippen molar-refractivity contribution in [2.45, 2.75) is 72.0 Å². The van der Waals surface area contributed by atoms with Crippen LogP contribution in [0.4, 0.5) is 5.69 Å². The molecular weight excluding hydrogens is 813 g/mol. The highest BCUT2D eigenvalue weighted by molar-refractivity contribution is 14.1. The highest BCUT2D eigenvalue weighted by Gasteiger charge is 2.46. The van der Waals surface area contributed by atoms with Gasteiger partial charge in [0.1, 0.15) is 34.9 Å². The lowest BCUT2D eigenvalue weighted by molar-refractivity contribution is -0.122. The number of amides is 2. The number of hydrogen-bond donors (Lipinski definition) is 0. The molecule has 1 heterocycles. The third kappa shape index (κ3) is 10.7. The summed E-state index contributed by atoms with van der Waals surface area (Å²) in [6.07, 6.45) is 0.484. The average Bonchev–Trinajstić information content (AvgIpc) is 3.35. The summed E-state index contributed by atoms with van der Waals surface area (Å²) in [6.45, 7) is 13.3. The Hall–Kier alpha value is -4.75. The first kappa shape index (κ1) is 41.4. The van der Waals surface area contributed by atoms with E-state index < -0.39 is 29.0 Å². The molecule has 0 spiro atoms. The summed E-state index contributed by atoms with van der Waals surface area (Å²) in [7, 11) is 0. The Morgan fingerprint density at radius 1 is 0.782 bits per heavy atom. The highest BCUT2D eigenvalue weighted by atomic mass is 127. The largest absolute Gasteiger partial charge is 0.490 e. The van der Waals surface area contributed by atoms with E-state index in [1.165, 1.54) is 4.90 Å². The molecule has 1 fully saturated rings. The molecule has 4 aromatic carbocycles. The highest BCUT2D eigenvalue weighted by Crippen LogP contribution is 2.37.